The third kappa shape index (κ3) is 3.11. The number of anilines is 1. The summed E-state index contributed by atoms with van der Waals surface area (Å²) >= 11 is 1.49. The van der Waals surface area contributed by atoms with Crippen LogP contribution in [0.25, 0.3) is 11.3 Å². The molecule has 4 heterocycles. The SMILES string of the molecule is O=C(Cc1nc(-c2cc3c4c(c2)CC(=O)N4CCC3)cs1)NCc1ccco1. The zero-order valence-corrected chi connectivity index (χ0v) is 16.1. The number of benzene rings is 1. The van der Waals surface area contributed by atoms with E-state index >= 15 is 0 Å². The van der Waals surface area contributed by atoms with Gasteiger partial charge in [-0.05, 0) is 48.2 Å². The number of hydrogen-bond acceptors (Lipinski definition) is 5. The van der Waals surface area contributed by atoms with Gasteiger partial charge in [0.05, 0.1) is 37.0 Å². The number of amides is 2. The molecular formula is C21H19N3O3S. The average molecular weight is 393 g/mol. The van der Waals surface area contributed by atoms with Crippen molar-refractivity contribution in [3.63, 3.8) is 0 Å². The minimum absolute atomic E-state index is 0.0809. The van der Waals surface area contributed by atoms with Crippen molar-refractivity contribution in [3.05, 3.63) is 57.8 Å². The standard InChI is InChI=1S/C21H19N3O3S/c25-18(22-11-16-4-2-6-27-16)10-19-23-17(12-28-19)14-7-13-3-1-5-24-20(26)9-15(8-14)21(13)24/h2,4,6-8,12H,1,3,5,9-11H2,(H,22,25). The molecule has 2 aromatic heterocycles. The first-order chi connectivity index (χ1) is 13.7. The van der Waals surface area contributed by atoms with Gasteiger partial charge in [-0.1, -0.05) is 0 Å². The van der Waals surface area contributed by atoms with Gasteiger partial charge in [-0.2, -0.15) is 0 Å². The fourth-order valence-corrected chi connectivity index (χ4v) is 4.75. The first-order valence-electron chi connectivity index (χ1n) is 9.37. The van der Waals surface area contributed by atoms with E-state index in [1.165, 1.54) is 16.9 Å². The number of hydrogen-bond donors (Lipinski definition) is 1. The lowest BCUT2D eigenvalue weighted by Gasteiger charge is -2.25. The van der Waals surface area contributed by atoms with E-state index in [1.54, 1.807) is 12.3 Å². The molecule has 0 bridgehead atoms. The van der Waals surface area contributed by atoms with Crippen LogP contribution in [0, 0.1) is 0 Å². The third-order valence-electron chi connectivity index (χ3n) is 5.21. The van der Waals surface area contributed by atoms with Gasteiger partial charge in [0.25, 0.3) is 0 Å². The largest absolute Gasteiger partial charge is 0.467 e. The highest BCUT2D eigenvalue weighted by Gasteiger charge is 2.32. The molecule has 1 aromatic carbocycles. The van der Waals surface area contributed by atoms with E-state index in [1.807, 2.05) is 16.3 Å². The quantitative estimate of drug-likeness (QED) is 0.723. The van der Waals surface area contributed by atoms with Crippen LogP contribution in [0.4, 0.5) is 5.69 Å². The fourth-order valence-electron chi connectivity index (χ4n) is 3.95. The van der Waals surface area contributed by atoms with Crippen LogP contribution in [0.3, 0.4) is 0 Å². The fraction of sp³-hybridized carbons (Fsp3) is 0.286. The molecule has 0 fully saturated rings. The maximum absolute atomic E-state index is 12.2. The third-order valence-corrected chi connectivity index (χ3v) is 6.06. The van der Waals surface area contributed by atoms with Gasteiger partial charge in [0, 0.05) is 17.5 Å². The summed E-state index contributed by atoms with van der Waals surface area (Å²) in [4.78, 5) is 31.0. The lowest BCUT2D eigenvalue weighted by atomic mass is 9.96. The molecule has 3 aromatic rings. The van der Waals surface area contributed by atoms with E-state index in [9.17, 15) is 9.59 Å². The first kappa shape index (κ1) is 17.2. The highest BCUT2D eigenvalue weighted by Crippen LogP contribution is 2.39. The summed E-state index contributed by atoms with van der Waals surface area (Å²) in [5.74, 6) is 0.840. The molecule has 0 unspecified atom stereocenters. The van der Waals surface area contributed by atoms with Gasteiger partial charge in [0.1, 0.15) is 10.8 Å². The molecule has 7 heteroatoms. The smallest absolute Gasteiger partial charge is 0.231 e. The minimum atomic E-state index is -0.0809. The van der Waals surface area contributed by atoms with E-state index < -0.39 is 0 Å². The van der Waals surface area contributed by atoms with Crippen LogP contribution in [0.2, 0.25) is 0 Å². The molecule has 0 atom stereocenters. The zero-order valence-electron chi connectivity index (χ0n) is 15.2. The first-order valence-corrected chi connectivity index (χ1v) is 10.3. The molecule has 0 aliphatic carbocycles. The summed E-state index contributed by atoms with van der Waals surface area (Å²) in [5.41, 5.74) is 5.35. The summed E-state index contributed by atoms with van der Waals surface area (Å²) in [6.07, 6.45) is 4.30. The number of aromatic nitrogens is 1. The second-order valence-electron chi connectivity index (χ2n) is 7.13. The second kappa shape index (κ2) is 6.91. The topological polar surface area (TPSA) is 75.4 Å². The van der Waals surface area contributed by atoms with Crippen LogP contribution in [0.1, 0.15) is 28.3 Å². The molecule has 0 radical (unpaired) electrons. The van der Waals surface area contributed by atoms with Crippen molar-refractivity contribution in [2.24, 2.45) is 0 Å². The van der Waals surface area contributed by atoms with E-state index in [2.05, 4.69) is 22.4 Å². The maximum atomic E-state index is 12.2. The molecule has 2 amide bonds. The van der Waals surface area contributed by atoms with Crippen molar-refractivity contribution in [1.82, 2.24) is 10.3 Å². The Kier molecular flexibility index (Phi) is 4.24. The number of carbonyl (C=O) groups excluding carboxylic acids is 2. The van der Waals surface area contributed by atoms with Crippen LogP contribution in [0.15, 0.2) is 40.3 Å². The van der Waals surface area contributed by atoms with Crippen molar-refractivity contribution >= 4 is 28.8 Å². The Labute approximate surface area is 166 Å². The minimum Gasteiger partial charge on any atom is -0.467 e. The Morgan fingerprint density at radius 2 is 2.21 bits per heavy atom. The van der Waals surface area contributed by atoms with Crippen LogP contribution in [-0.4, -0.2) is 23.3 Å². The van der Waals surface area contributed by atoms with Gasteiger partial charge in [-0.15, -0.1) is 11.3 Å². The molecule has 2 aliphatic rings. The number of nitrogens with one attached hydrogen (secondary N) is 1. The van der Waals surface area contributed by atoms with Crippen LogP contribution in [0.5, 0.6) is 0 Å². The predicted molar refractivity (Wildman–Crippen MR) is 106 cm³/mol. The van der Waals surface area contributed by atoms with Gasteiger partial charge in [0.2, 0.25) is 11.8 Å². The van der Waals surface area contributed by atoms with E-state index in [0.29, 0.717) is 13.0 Å². The van der Waals surface area contributed by atoms with Gasteiger partial charge < -0.3 is 14.6 Å². The second-order valence-corrected chi connectivity index (χ2v) is 8.07. The Hall–Kier alpha value is -2.93. The summed E-state index contributed by atoms with van der Waals surface area (Å²) in [6.45, 7) is 1.20. The maximum Gasteiger partial charge on any atom is 0.231 e. The van der Waals surface area contributed by atoms with E-state index in [0.717, 1.165) is 52.7 Å². The normalized spacial score (nSPS) is 15.0. The van der Waals surface area contributed by atoms with Crippen molar-refractivity contribution in [3.8, 4) is 11.3 Å². The number of thiazole rings is 1. The molecule has 0 saturated carbocycles. The van der Waals surface area contributed by atoms with Gasteiger partial charge in [-0.25, -0.2) is 4.98 Å². The summed E-state index contributed by atoms with van der Waals surface area (Å²) in [6, 6.07) is 7.86. The Morgan fingerprint density at radius 3 is 3.07 bits per heavy atom. The summed E-state index contributed by atoms with van der Waals surface area (Å²) in [5, 5.41) is 5.61. The molecule has 28 heavy (non-hydrogen) atoms. The van der Waals surface area contributed by atoms with Crippen molar-refractivity contribution < 1.29 is 14.0 Å². The average Bonchev–Trinajstić information content (AvgIpc) is 3.42. The molecular weight excluding hydrogens is 374 g/mol. The Balaban J connectivity index is 1.32. The number of furan rings is 1. The predicted octanol–water partition coefficient (Wildman–Crippen LogP) is 3.10. The molecule has 5 rings (SSSR count). The number of carbonyl (C=O) groups is 2. The van der Waals surface area contributed by atoms with Crippen molar-refractivity contribution in [2.75, 3.05) is 11.4 Å². The summed E-state index contributed by atoms with van der Waals surface area (Å²) in [7, 11) is 0. The molecule has 142 valence electrons. The van der Waals surface area contributed by atoms with Gasteiger partial charge in [-0.3, -0.25) is 9.59 Å². The molecule has 0 spiro atoms. The lowest BCUT2D eigenvalue weighted by molar-refractivity contribution is -0.120. The monoisotopic (exact) mass is 393 g/mol. The zero-order chi connectivity index (χ0) is 19.1. The van der Waals surface area contributed by atoms with Crippen LogP contribution in [-0.2, 0) is 35.4 Å². The van der Waals surface area contributed by atoms with Crippen LogP contribution >= 0.6 is 11.3 Å². The molecule has 0 saturated heterocycles. The van der Waals surface area contributed by atoms with E-state index in [-0.39, 0.29) is 18.2 Å². The van der Waals surface area contributed by atoms with Crippen molar-refractivity contribution in [1.29, 1.82) is 0 Å². The van der Waals surface area contributed by atoms with E-state index in [4.69, 9.17) is 4.42 Å². The molecule has 2 aliphatic heterocycles. The van der Waals surface area contributed by atoms with Gasteiger partial charge in [0.15, 0.2) is 0 Å². The highest BCUT2D eigenvalue weighted by atomic mass is 32.1. The van der Waals surface area contributed by atoms with Gasteiger partial charge >= 0.3 is 0 Å². The Morgan fingerprint density at radius 1 is 1.32 bits per heavy atom. The summed E-state index contributed by atoms with van der Waals surface area (Å²) < 4.78 is 5.22. The number of nitrogens with zero attached hydrogens (tertiary/aromatic N) is 2. The number of rotatable bonds is 5. The van der Waals surface area contributed by atoms with Crippen LogP contribution < -0.4 is 10.2 Å². The number of aryl methyl sites for hydroxylation is 1. The lowest BCUT2D eigenvalue weighted by Crippen LogP contribution is -2.31. The molecule has 1 N–H and O–H groups in total. The highest BCUT2D eigenvalue weighted by molar-refractivity contribution is 7.10. The molecule has 6 nitrogen and oxygen atoms in total. The van der Waals surface area contributed by atoms with Crippen molar-refractivity contribution in [2.45, 2.75) is 32.2 Å². The Bertz CT molecular complexity index is 1060.